The number of nitrogens with one attached hydrogen (secondary N) is 2. The van der Waals surface area contributed by atoms with Gasteiger partial charge in [-0.05, 0) is 74.6 Å². The first-order valence-electron chi connectivity index (χ1n) is 11.8. The molecule has 0 bridgehead atoms. The van der Waals surface area contributed by atoms with Crippen LogP contribution in [0.3, 0.4) is 0 Å². The summed E-state index contributed by atoms with van der Waals surface area (Å²) in [6, 6.07) is 15.6. The van der Waals surface area contributed by atoms with Crippen LogP contribution in [0.2, 0.25) is 0 Å². The second kappa shape index (κ2) is 10.5. The van der Waals surface area contributed by atoms with Crippen molar-refractivity contribution in [2.24, 2.45) is 0 Å². The summed E-state index contributed by atoms with van der Waals surface area (Å²) >= 11 is 0. The van der Waals surface area contributed by atoms with Crippen molar-refractivity contribution in [2.75, 3.05) is 25.0 Å². The van der Waals surface area contributed by atoms with Crippen molar-refractivity contribution in [2.45, 2.75) is 57.4 Å². The first-order chi connectivity index (χ1) is 15.6. The third-order valence-electron chi connectivity index (χ3n) is 6.44. The summed E-state index contributed by atoms with van der Waals surface area (Å²) in [7, 11) is 0. The highest BCUT2D eigenvalue weighted by Gasteiger charge is 2.26. The van der Waals surface area contributed by atoms with Gasteiger partial charge < -0.3 is 20.3 Å². The van der Waals surface area contributed by atoms with E-state index >= 15 is 0 Å². The van der Waals surface area contributed by atoms with Gasteiger partial charge in [-0.1, -0.05) is 25.0 Å². The Balaban J connectivity index is 1.36. The van der Waals surface area contributed by atoms with Crippen molar-refractivity contribution in [3.8, 4) is 5.75 Å². The van der Waals surface area contributed by atoms with E-state index in [0.29, 0.717) is 24.8 Å². The van der Waals surface area contributed by atoms with Crippen molar-refractivity contribution in [3.63, 3.8) is 0 Å². The molecule has 1 atom stereocenters. The zero-order chi connectivity index (χ0) is 22.3. The largest absolute Gasteiger partial charge is 0.494 e. The van der Waals surface area contributed by atoms with Gasteiger partial charge in [-0.15, -0.1) is 0 Å². The molecule has 1 aliphatic heterocycles. The van der Waals surface area contributed by atoms with Crippen molar-refractivity contribution >= 4 is 17.6 Å². The van der Waals surface area contributed by atoms with E-state index < -0.39 is 0 Å². The van der Waals surface area contributed by atoms with Crippen LogP contribution < -0.4 is 15.4 Å². The SMILES string of the molecule is CCOc1ccc(NC(=O)N2CCCC(c3cccc(C(=O)NC4CCCC4)c3)C2)cc1. The second-order valence-electron chi connectivity index (χ2n) is 8.75. The maximum Gasteiger partial charge on any atom is 0.321 e. The molecule has 1 heterocycles. The molecule has 170 valence electrons. The van der Waals surface area contributed by atoms with E-state index in [2.05, 4.69) is 16.7 Å². The van der Waals surface area contributed by atoms with Gasteiger partial charge in [-0.2, -0.15) is 0 Å². The maximum absolute atomic E-state index is 12.8. The summed E-state index contributed by atoms with van der Waals surface area (Å²) in [5, 5.41) is 6.16. The van der Waals surface area contributed by atoms with Crippen LogP contribution in [0.15, 0.2) is 48.5 Å². The van der Waals surface area contributed by atoms with Gasteiger partial charge in [0.15, 0.2) is 0 Å². The minimum atomic E-state index is -0.0889. The van der Waals surface area contributed by atoms with E-state index in [1.165, 1.54) is 12.8 Å². The van der Waals surface area contributed by atoms with E-state index in [9.17, 15) is 9.59 Å². The highest BCUT2D eigenvalue weighted by atomic mass is 16.5. The highest BCUT2D eigenvalue weighted by molar-refractivity contribution is 5.94. The third-order valence-corrected chi connectivity index (χ3v) is 6.44. The first-order valence-corrected chi connectivity index (χ1v) is 11.8. The number of carbonyl (C=O) groups is 2. The van der Waals surface area contributed by atoms with Crippen molar-refractivity contribution in [1.82, 2.24) is 10.2 Å². The molecule has 2 aliphatic rings. The van der Waals surface area contributed by atoms with E-state index in [1.807, 2.05) is 54.3 Å². The van der Waals surface area contributed by atoms with Crippen LogP contribution in [0.4, 0.5) is 10.5 Å². The Labute approximate surface area is 190 Å². The number of anilines is 1. The highest BCUT2D eigenvalue weighted by Crippen LogP contribution is 2.28. The molecule has 0 spiro atoms. The average Bonchev–Trinajstić information content (AvgIpc) is 3.34. The summed E-state index contributed by atoms with van der Waals surface area (Å²) < 4.78 is 5.46. The Kier molecular flexibility index (Phi) is 7.30. The van der Waals surface area contributed by atoms with Gasteiger partial charge in [0.2, 0.25) is 0 Å². The zero-order valence-corrected chi connectivity index (χ0v) is 18.8. The molecule has 4 rings (SSSR count). The summed E-state index contributed by atoms with van der Waals surface area (Å²) in [6.45, 7) is 3.95. The normalized spacial score (nSPS) is 18.9. The van der Waals surface area contributed by atoms with Crippen LogP contribution in [0.25, 0.3) is 0 Å². The molecule has 32 heavy (non-hydrogen) atoms. The Hall–Kier alpha value is -3.02. The van der Waals surface area contributed by atoms with Gasteiger partial charge in [-0.3, -0.25) is 4.79 Å². The van der Waals surface area contributed by atoms with Gasteiger partial charge >= 0.3 is 6.03 Å². The molecule has 2 aromatic rings. The van der Waals surface area contributed by atoms with E-state index in [4.69, 9.17) is 4.74 Å². The monoisotopic (exact) mass is 435 g/mol. The van der Waals surface area contributed by atoms with Gasteiger partial charge in [0.05, 0.1) is 6.61 Å². The molecule has 1 saturated heterocycles. The number of ether oxygens (including phenoxy) is 1. The second-order valence-corrected chi connectivity index (χ2v) is 8.75. The number of benzene rings is 2. The lowest BCUT2D eigenvalue weighted by Crippen LogP contribution is -2.41. The lowest BCUT2D eigenvalue weighted by molar-refractivity contribution is 0.0937. The van der Waals surface area contributed by atoms with E-state index in [0.717, 1.165) is 49.2 Å². The lowest BCUT2D eigenvalue weighted by atomic mass is 9.89. The predicted octanol–water partition coefficient (Wildman–Crippen LogP) is 5.17. The quantitative estimate of drug-likeness (QED) is 0.658. The van der Waals surface area contributed by atoms with Gasteiger partial charge in [0.25, 0.3) is 5.91 Å². The smallest absolute Gasteiger partial charge is 0.321 e. The van der Waals surface area contributed by atoms with Crippen LogP contribution in [0, 0.1) is 0 Å². The molecule has 2 N–H and O–H groups in total. The minimum absolute atomic E-state index is 0.0136. The zero-order valence-electron chi connectivity index (χ0n) is 18.8. The fraction of sp³-hybridized carbons (Fsp3) is 0.462. The molecule has 2 fully saturated rings. The van der Waals surface area contributed by atoms with E-state index in [-0.39, 0.29) is 17.9 Å². The first kappa shape index (κ1) is 22.2. The van der Waals surface area contributed by atoms with Crippen molar-refractivity contribution < 1.29 is 14.3 Å². The van der Waals surface area contributed by atoms with Crippen LogP contribution in [-0.2, 0) is 0 Å². The molecular formula is C26H33N3O3. The molecule has 1 aliphatic carbocycles. The van der Waals surface area contributed by atoms with E-state index in [1.54, 1.807) is 0 Å². The number of hydrogen-bond donors (Lipinski definition) is 2. The summed E-state index contributed by atoms with van der Waals surface area (Å²) in [4.78, 5) is 27.4. The number of urea groups is 1. The topological polar surface area (TPSA) is 70.7 Å². The number of amides is 3. The van der Waals surface area contributed by atoms with Gasteiger partial charge in [0, 0.05) is 36.3 Å². The lowest BCUT2D eigenvalue weighted by Gasteiger charge is -2.33. The molecular weight excluding hydrogens is 402 g/mol. The van der Waals surface area contributed by atoms with Gasteiger partial charge in [0.1, 0.15) is 5.75 Å². The summed E-state index contributed by atoms with van der Waals surface area (Å²) in [5.74, 6) is 1.04. The van der Waals surface area contributed by atoms with Gasteiger partial charge in [-0.25, -0.2) is 4.79 Å². The Morgan fingerprint density at radius 2 is 1.81 bits per heavy atom. The minimum Gasteiger partial charge on any atom is -0.494 e. The standard InChI is InChI=1S/C26H33N3O3/c1-2-32-24-14-12-23(13-15-24)28-26(31)29-16-6-9-21(18-29)19-7-5-8-20(17-19)25(30)27-22-10-3-4-11-22/h5,7-8,12-15,17,21-22H,2-4,6,9-11,16,18H2,1H3,(H,27,30)(H,28,31). The summed E-state index contributed by atoms with van der Waals surface area (Å²) in [6.07, 6.45) is 6.50. The molecule has 6 heteroatoms. The number of rotatable bonds is 6. The van der Waals surface area contributed by atoms with Crippen molar-refractivity contribution in [1.29, 1.82) is 0 Å². The third kappa shape index (κ3) is 5.61. The molecule has 6 nitrogen and oxygen atoms in total. The van der Waals surface area contributed by atoms with Crippen molar-refractivity contribution in [3.05, 3.63) is 59.7 Å². The number of likely N-dealkylation sites (tertiary alicyclic amines) is 1. The molecule has 0 radical (unpaired) electrons. The van der Waals surface area contributed by atoms with Crippen LogP contribution in [0.1, 0.15) is 67.3 Å². The number of hydrogen-bond acceptors (Lipinski definition) is 3. The molecule has 2 aromatic carbocycles. The Morgan fingerprint density at radius 3 is 2.56 bits per heavy atom. The summed E-state index contributed by atoms with van der Waals surface area (Å²) in [5.41, 5.74) is 2.60. The molecule has 0 aromatic heterocycles. The fourth-order valence-corrected chi connectivity index (χ4v) is 4.71. The predicted molar refractivity (Wildman–Crippen MR) is 126 cm³/mol. The number of nitrogens with zero attached hydrogens (tertiary/aromatic N) is 1. The Morgan fingerprint density at radius 1 is 1.03 bits per heavy atom. The fourth-order valence-electron chi connectivity index (χ4n) is 4.71. The molecule has 1 saturated carbocycles. The molecule has 1 unspecified atom stereocenters. The average molecular weight is 436 g/mol. The van der Waals surface area contributed by atoms with Crippen LogP contribution in [-0.4, -0.2) is 42.6 Å². The number of piperidine rings is 1. The van der Waals surface area contributed by atoms with Crippen LogP contribution >= 0.6 is 0 Å². The molecule has 3 amide bonds. The van der Waals surface area contributed by atoms with Crippen LogP contribution in [0.5, 0.6) is 5.75 Å². The number of carbonyl (C=O) groups excluding carboxylic acids is 2. The maximum atomic E-state index is 12.8. The Bertz CT molecular complexity index is 922.